The maximum absolute atomic E-state index is 13.2. The minimum absolute atomic E-state index is 0.0454. The second kappa shape index (κ2) is 8.74. The Balaban J connectivity index is 1.76. The largest absolute Gasteiger partial charge is 0.416 e. The monoisotopic (exact) mass is 492 g/mol. The molecule has 3 N–H and O–H groups in total. The molecule has 0 saturated carbocycles. The Morgan fingerprint density at radius 2 is 1.44 bits per heavy atom. The van der Waals surface area contributed by atoms with Crippen LogP contribution >= 0.6 is 24.2 Å². The Kier molecular flexibility index (Phi) is 6.57. The summed E-state index contributed by atoms with van der Waals surface area (Å²) >= 11 is 6.68. The average Bonchev–Trinajstić information content (AvgIpc) is 3.21. The van der Waals surface area contributed by atoms with Crippen molar-refractivity contribution in [3.05, 3.63) is 70.8 Å². The first-order valence-corrected chi connectivity index (χ1v) is 10.4. The lowest BCUT2D eigenvalue weighted by Crippen LogP contribution is -2.43. The van der Waals surface area contributed by atoms with Crippen LogP contribution in [0.3, 0.4) is 0 Å². The van der Waals surface area contributed by atoms with Gasteiger partial charge in [0.25, 0.3) is 0 Å². The van der Waals surface area contributed by atoms with E-state index in [1.54, 1.807) is 18.3 Å². The van der Waals surface area contributed by atoms with Gasteiger partial charge in [-0.05, 0) is 74.1 Å². The number of benzene rings is 2. The van der Waals surface area contributed by atoms with Gasteiger partial charge in [0.05, 0.1) is 22.4 Å². The van der Waals surface area contributed by atoms with Gasteiger partial charge >= 0.3 is 12.4 Å². The minimum atomic E-state index is -4.93. The first-order valence-electron chi connectivity index (χ1n) is 9.13. The highest BCUT2D eigenvalue weighted by molar-refractivity contribution is 8.03. The molecular weight excluding hydrogens is 474 g/mol. The lowest BCUT2D eigenvalue weighted by molar-refractivity contribution is -0.143. The lowest BCUT2D eigenvalue weighted by atomic mass is 9.90. The van der Waals surface area contributed by atoms with Gasteiger partial charge in [-0.1, -0.05) is 0 Å². The highest BCUT2D eigenvalue weighted by Crippen LogP contribution is 2.38. The molecule has 0 saturated heterocycles. The van der Waals surface area contributed by atoms with Crippen LogP contribution in [0.4, 0.5) is 37.7 Å². The summed E-state index contributed by atoms with van der Waals surface area (Å²) in [4.78, 5) is 0. The SMILES string of the molecule is CC(C)(NC(=S)Nc1ccc(N2NC=CS2)cc1)c1cc(C(F)(F)F)cc(C(F)(F)F)c1. The average molecular weight is 493 g/mol. The van der Waals surface area contributed by atoms with Gasteiger partial charge < -0.3 is 10.6 Å². The standard InChI is InChI=1S/C20H18F6N4S2/c1-18(2,12-9-13(19(21,22)23)11-14(10-12)20(24,25)26)29-17(31)28-15-3-5-16(6-4-15)30-27-7-8-32-30/h3-11,27H,1-2H3,(H2,28,29,31). The van der Waals surface area contributed by atoms with E-state index in [1.807, 2.05) is 22.0 Å². The third-order valence-electron chi connectivity index (χ3n) is 4.52. The fourth-order valence-electron chi connectivity index (χ4n) is 2.87. The van der Waals surface area contributed by atoms with Crippen molar-refractivity contribution >= 4 is 40.7 Å². The van der Waals surface area contributed by atoms with E-state index in [4.69, 9.17) is 12.2 Å². The maximum atomic E-state index is 13.2. The first-order chi connectivity index (χ1) is 14.8. The van der Waals surface area contributed by atoms with Crippen LogP contribution in [0, 0.1) is 0 Å². The Bertz CT molecular complexity index is 976. The molecule has 1 aliphatic rings. The third-order valence-corrected chi connectivity index (χ3v) is 5.51. The summed E-state index contributed by atoms with van der Waals surface area (Å²) in [6.07, 6.45) is -8.08. The number of hydrogen-bond donors (Lipinski definition) is 3. The summed E-state index contributed by atoms with van der Waals surface area (Å²) in [5.74, 6) is 0. The number of nitrogens with zero attached hydrogens (tertiary/aromatic N) is 1. The molecule has 0 atom stereocenters. The number of thiocarbonyl (C=S) groups is 1. The van der Waals surface area contributed by atoms with Crippen LogP contribution in [0.25, 0.3) is 0 Å². The van der Waals surface area contributed by atoms with Crippen molar-refractivity contribution < 1.29 is 26.3 Å². The summed E-state index contributed by atoms with van der Waals surface area (Å²) in [5.41, 5.74) is 0.184. The molecule has 0 radical (unpaired) electrons. The van der Waals surface area contributed by atoms with Gasteiger partial charge in [0, 0.05) is 29.2 Å². The quantitative estimate of drug-likeness (QED) is 0.261. The van der Waals surface area contributed by atoms with Gasteiger partial charge in [0.15, 0.2) is 5.11 Å². The van der Waals surface area contributed by atoms with Gasteiger partial charge in [-0.2, -0.15) is 26.3 Å². The molecule has 0 spiro atoms. The smallest absolute Gasteiger partial charge is 0.353 e. The highest BCUT2D eigenvalue weighted by Gasteiger charge is 2.38. The zero-order chi connectivity index (χ0) is 23.7. The second-order valence-electron chi connectivity index (χ2n) is 7.38. The molecule has 0 bridgehead atoms. The second-order valence-corrected chi connectivity index (χ2v) is 8.63. The van der Waals surface area contributed by atoms with Crippen LogP contribution in [-0.2, 0) is 17.9 Å². The van der Waals surface area contributed by atoms with Gasteiger partial charge in [0.1, 0.15) is 0 Å². The number of anilines is 2. The Morgan fingerprint density at radius 3 is 1.91 bits per heavy atom. The Labute approximate surface area is 190 Å². The van der Waals surface area contributed by atoms with E-state index >= 15 is 0 Å². The molecule has 0 unspecified atom stereocenters. The van der Waals surface area contributed by atoms with Crippen LogP contribution in [-0.4, -0.2) is 5.11 Å². The number of hydrazine groups is 1. The zero-order valence-corrected chi connectivity index (χ0v) is 18.4. The van der Waals surface area contributed by atoms with Crippen molar-refractivity contribution in [3.8, 4) is 0 Å². The fraction of sp³-hybridized carbons (Fsp3) is 0.250. The molecule has 0 amide bonds. The van der Waals surface area contributed by atoms with Crippen LogP contribution in [0.2, 0.25) is 0 Å². The lowest BCUT2D eigenvalue weighted by Gasteiger charge is -2.30. The van der Waals surface area contributed by atoms with Crippen molar-refractivity contribution in [1.82, 2.24) is 10.7 Å². The van der Waals surface area contributed by atoms with Crippen molar-refractivity contribution in [2.45, 2.75) is 31.7 Å². The van der Waals surface area contributed by atoms with Crippen molar-refractivity contribution in [2.75, 3.05) is 9.73 Å². The molecule has 2 aromatic carbocycles. The predicted molar refractivity (Wildman–Crippen MR) is 118 cm³/mol. The fourth-order valence-corrected chi connectivity index (χ4v) is 3.85. The molecule has 32 heavy (non-hydrogen) atoms. The summed E-state index contributed by atoms with van der Waals surface area (Å²) in [7, 11) is 0. The van der Waals surface area contributed by atoms with Crippen LogP contribution in [0.5, 0.6) is 0 Å². The zero-order valence-electron chi connectivity index (χ0n) is 16.7. The van der Waals surface area contributed by atoms with Gasteiger partial charge in [-0.3, -0.25) is 5.43 Å². The topological polar surface area (TPSA) is 39.3 Å². The number of hydrogen-bond acceptors (Lipinski definition) is 4. The summed E-state index contributed by atoms with van der Waals surface area (Å²) in [5, 5.41) is 7.60. The molecule has 0 fully saturated rings. The van der Waals surface area contributed by atoms with Crippen LogP contribution < -0.4 is 20.5 Å². The number of halogens is 6. The number of rotatable bonds is 4. The summed E-state index contributed by atoms with van der Waals surface area (Å²) < 4.78 is 80.9. The van der Waals surface area contributed by atoms with Crippen molar-refractivity contribution in [3.63, 3.8) is 0 Å². The van der Waals surface area contributed by atoms with E-state index in [0.717, 1.165) is 5.69 Å². The molecule has 3 rings (SSSR count). The molecule has 4 nitrogen and oxygen atoms in total. The van der Waals surface area contributed by atoms with E-state index in [-0.39, 0.29) is 16.7 Å². The van der Waals surface area contributed by atoms with E-state index in [0.29, 0.717) is 17.8 Å². The predicted octanol–water partition coefficient (Wildman–Crippen LogP) is 6.39. The summed E-state index contributed by atoms with van der Waals surface area (Å²) in [6, 6.07) is 8.58. The molecule has 0 aliphatic carbocycles. The van der Waals surface area contributed by atoms with Gasteiger partial charge in [-0.15, -0.1) is 0 Å². The first kappa shape index (κ1) is 24.1. The summed E-state index contributed by atoms with van der Waals surface area (Å²) in [6.45, 7) is 2.89. The van der Waals surface area contributed by atoms with Crippen LogP contribution in [0.1, 0.15) is 30.5 Å². The number of nitrogens with one attached hydrogen (secondary N) is 3. The van der Waals surface area contributed by atoms with E-state index in [9.17, 15) is 26.3 Å². The van der Waals surface area contributed by atoms with Crippen molar-refractivity contribution in [2.24, 2.45) is 0 Å². The molecule has 172 valence electrons. The molecule has 1 aliphatic heterocycles. The van der Waals surface area contributed by atoms with E-state index in [1.165, 1.54) is 25.8 Å². The maximum Gasteiger partial charge on any atom is 0.416 e. The van der Waals surface area contributed by atoms with E-state index < -0.39 is 29.0 Å². The molecule has 1 heterocycles. The van der Waals surface area contributed by atoms with Crippen molar-refractivity contribution in [1.29, 1.82) is 0 Å². The number of alkyl halides is 6. The molecule has 2 aromatic rings. The molecule has 12 heteroatoms. The highest BCUT2D eigenvalue weighted by atomic mass is 32.2. The van der Waals surface area contributed by atoms with Gasteiger partial charge in [-0.25, -0.2) is 4.41 Å². The Morgan fingerprint density at radius 1 is 0.906 bits per heavy atom. The molecular formula is C20H18F6N4S2. The van der Waals surface area contributed by atoms with Gasteiger partial charge in [0.2, 0.25) is 0 Å². The Hall–Kier alpha value is -2.60. The van der Waals surface area contributed by atoms with Crippen LogP contribution in [0.15, 0.2) is 54.1 Å². The minimum Gasteiger partial charge on any atom is -0.353 e. The third kappa shape index (κ3) is 5.80. The normalized spacial score (nSPS) is 14.3. The molecule has 0 aromatic heterocycles. The van der Waals surface area contributed by atoms with E-state index in [2.05, 4.69) is 16.1 Å².